The van der Waals surface area contributed by atoms with Crippen molar-refractivity contribution in [3.05, 3.63) is 35.9 Å². The highest BCUT2D eigenvalue weighted by atomic mass is 32.2. The molecule has 21 heavy (non-hydrogen) atoms. The van der Waals surface area contributed by atoms with Crippen molar-refractivity contribution in [2.45, 2.75) is 20.0 Å². The first-order valence-electron chi connectivity index (χ1n) is 6.47. The Bertz CT molecular complexity index is 583. The number of ether oxygens (including phenoxy) is 1. The van der Waals surface area contributed by atoms with E-state index in [2.05, 4.69) is 4.18 Å². The Morgan fingerprint density at radius 1 is 1.29 bits per heavy atom. The minimum atomic E-state index is -3.59. The van der Waals surface area contributed by atoms with Gasteiger partial charge in [0, 0.05) is 5.92 Å². The lowest BCUT2D eigenvalue weighted by Gasteiger charge is -2.14. The van der Waals surface area contributed by atoms with Crippen molar-refractivity contribution >= 4 is 21.8 Å². The van der Waals surface area contributed by atoms with E-state index in [1.54, 1.807) is 19.1 Å². The van der Waals surface area contributed by atoms with Crippen LogP contribution in [0.25, 0.3) is 0 Å². The van der Waals surface area contributed by atoms with Crippen LogP contribution in [-0.4, -0.2) is 33.0 Å². The quantitative estimate of drug-likeness (QED) is 0.448. The lowest BCUT2D eigenvalue weighted by molar-refractivity contribution is -0.137. The summed E-state index contributed by atoms with van der Waals surface area (Å²) in [6.07, 6.45) is 1.34. The topological polar surface area (TPSA) is 93.5 Å². The molecule has 6 nitrogen and oxygen atoms in total. The van der Waals surface area contributed by atoms with Crippen LogP contribution in [0.3, 0.4) is 0 Å². The van der Waals surface area contributed by atoms with Gasteiger partial charge in [0.1, 0.15) is 12.3 Å². The smallest absolute Gasteiger partial charge is 0.352 e. The van der Waals surface area contributed by atoms with Gasteiger partial charge in [-0.2, -0.15) is 8.42 Å². The first kappa shape index (κ1) is 17.3. The van der Waals surface area contributed by atoms with Crippen LogP contribution in [-0.2, 0) is 30.4 Å². The van der Waals surface area contributed by atoms with Crippen molar-refractivity contribution in [2.24, 2.45) is 5.92 Å². The first-order valence-corrected chi connectivity index (χ1v) is 8.29. The Hall–Kier alpha value is -1.73. The maximum absolute atomic E-state index is 11.8. The number of nitrogens with one attached hydrogen (secondary N) is 1. The molecule has 7 heteroatoms. The van der Waals surface area contributed by atoms with Crippen LogP contribution < -0.4 is 0 Å². The maximum Gasteiger partial charge on any atom is 0.352 e. The van der Waals surface area contributed by atoms with Crippen LogP contribution in [0.15, 0.2) is 30.3 Å². The second-order valence-electron chi connectivity index (χ2n) is 4.57. The average Bonchev–Trinajstić information content (AvgIpc) is 2.45. The van der Waals surface area contributed by atoms with Gasteiger partial charge in [-0.15, -0.1) is 0 Å². The molecule has 1 rings (SSSR count). The SMILES string of the molecule is CC[C@H](COS(C)(=O)=O)C(=N)C(=O)OCc1ccccc1. The van der Waals surface area contributed by atoms with Gasteiger partial charge in [-0.3, -0.25) is 9.59 Å². The summed E-state index contributed by atoms with van der Waals surface area (Å²) in [5.41, 5.74) is 0.538. The lowest BCUT2D eigenvalue weighted by Crippen LogP contribution is -2.29. The van der Waals surface area contributed by atoms with E-state index in [-0.39, 0.29) is 18.9 Å². The fourth-order valence-electron chi connectivity index (χ4n) is 1.58. The van der Waals surface area contributed by atoms with E-state index >= 15 is 0 Å². The molecule has 0 saturated carbocycles. The third-order valence-electron chi connectivity index (χ3n) is 2.82. The third-order valence-corrected chi connectivity index (χ3v) is 3.38. The summed E-state index contributed by atoms with van der Waals surface area (Å²) in [6, 6.07) is 9.11. The molecule has 1 atom stereocenters. The molecule has 0 spiro atoms. The van der Waals surface area contributed by atoms with Crippen molar-refractivity contribution in [1.29, 1.82) is 5.41 Å². The molecule has 1 aromatic rings. The number of benzene rings is 1. The summed E-state index contributed by atoms with van der Waals surface area (Å²) in [4.78, 5) is 11.8. The van der Waals surface area contributed by atoms with Crippen molar-refractivity contribution < 1.29 is 22.1 Å². The number of carbonyl (C=O) groups is 1. The van der Waals surface area contributed by atoms with Crippen LogP contribution in [0.2, 0.25) is 0 Å². The molecule has 0 heterocycles. The van der Waals surface area contributed by atoms with Gasteiger partial charge in [0.2, 0.25) is 0 Å². The van der Waals surface area contributed by atoms with Gasteiger partial charge < -0.3 is 4.74 Å². The van der Waals surface area contributed by atoms with Gasteiger partial charge in [0.15, 0.2) is 0 Å². The standard InChI is InChI=1S/C14H19NO5S/c1-3-12(10-20-21(2,17)18)13(15)14(16)19-9-11-7-5-4-6-8-11/h4-8,12,15H,3,9-10H2,1-2H3/t12-/m1/s1. The highest BCUT2D eigenvalue weighted by molar-refractivity contribution is 7.85. The van der Waals surface area contributed by atoms with Crippen LogP contribution in [0, 0.1) is 11.3 Å². The summed E-state index contributed by atoms with van der Waals surface area (Å²) in [7, 11) is -3.59. The maximum atomic E-state index is 11.8. The summed E-state index contributed by atoms with van der Waals surface area (Å²) in [5.74, 6) is -1.37. The van der Waals surface area contributed by atoms with Crippen molar-refractivity contribution in [3.63, 3.8) is 0 Å². The fraction of sp³-hybridized carbons (Fsp3) is 0.429. The van der Waals surface area contributed by atoms with Gasteiger partial charge in [-0.25, -0.2) is 4.79 Å². The largest absolute Gasteiger partial charge is 0.456 e. The highest BCUT2D eigenvalue weighted by Crippen LogP contribution is 2.10. The lowest BCUT2D eigenvalue weighted by atomic mass is 10.0. The molecule has 0 aliphatic rings. The zero-order valence-corrected chi connectivity index (χ0v) is 12.9. The predicted octanol–water partition coefficient (Wildman–Crippen LogP) is 1.75. The van der Waals surface area contributed by atoms with Gasteiger partial charge in [0.25, 0.3) is 10.1 Å². The van der Waals surface area contributed by atoms with E-state index in [0.29, 0.717) is 6.42 Å². The zero-order chi connectivity index (χ0) is 15.9. The highest BCUT2D eigenvalue weighted by Gasteiger charge is 2.23. The number of hydrogen-bond donors (Lipinski definition) is 1. The Labute approximate surface area is 124 Å². The molecule has 0 aliphatic heterocycles. The number of esters is 1. The zero-order valence-electron chi connectivity index (χ0n) is 12.0. The second-order valence-corrected chi connectivity index (χ2v) is 6.21. The predicted molar refractivity (Wildman–Crippen MR) is 78.5 cm³/mol. The molecule has 1 N–H and O–H groups in total. The molecule has 0 saturated heterocycles. The van der Waals surface area contributed by atoms with Crippen LogP contribution >= 0.6 is 0 Å². The van der Waals surface area contributed by atoms with Gasteiger partial charge in [-0.05, 0) is 12.0 Å². The van der Waals surface area contributed by atoms with Crippen LogP contribution in [0.5, 0.6) is 0 Å². The number of carbonyl (C=O) groups excluding carboxylic acids is 1. The number of rotatable bonds is 8. The molecule has 0 radical (unpaired) electrons. The average molecular weight is 313 g/mol. The van der Waals surface area contributed by atoms with Gasteiger partial charge in [-0.1, -0.05) is 37.3 Å². The monoisotopic (exact) mass is 313 g/mol. The normalized spacial score (nSPS) is 12.7. The molecule has 116 valence electrons. The summed E-state index contributed by atoms with van der Waals surface area (Å²) < 4.78 is 31.6. The molecular weight excluding hydrogens is 294 g/mol. The Kier molecular flexibility index (Phi) is 6.51. The molecule has 0 fully saturated rings. The summed E-state index contributed by atoms with van der Waals surface area (Å²) >= 11 is 0. The van der Waals surface area contributed by atoms with Crippen molar-refractivity contribution in [2.75, 3.05) is 12.9 Å². The molecule has 0 aliphatic carbocycles. The van der Waals surface area contributed by atoms with E-state index in [1.165, 1.54) is 0 Å². The first-order chi connectivity index (χ1) is 9.83. The number of hydrogen-bond acceptors (Lipinski definition) is 6. The summed E-state index contributed by atoms with van der Waals surface area (Å²) in [5, 5.41) is 7.78. The fourth-order valence-corrected chi connectivity index (χ4v) is 1.99. The summed E-state index contributed by atoms with van der Waals surface area (Å²) in [6.45, 7) is 1.59. The van der Waals surface area contributed by atoms with Crippen molar-refractivity contribution in [3.8, 4) is 0 Å². The van der Waals surface area contributed by atoms with E-state index in [1.807, 2.05) is 18.2 Å². The molecule has 0 unspecified atom stereocenters. The van der Waals surface area contributed by atoms with E-state index < -0.39 is 22.0 Å². The van der Waals surface area contributed by atoms with E-state index in [4.69, 9.17) is 10.1 Å². The second kappa shape index (κ2) is 7.90. The van der Waals surface area contributed by atoms with E-state index in [0.717, 1.165) is 11.8 Å². The Balaban J connectivity index is 2.53. The van der Waals surface area contributed by atoms with Gasteiger partial charge >= 0.3 is 5.97 Å². The van der Waals surface area contributed by atoms with Gasteiger partial charge in [0.05, 0.1) is 12.9 Å². The van der Waals surface area contributed by atoms with E-state index in [9.17, 15) is 13.2 Å². The minimum absolute atomic E-state index is 0.0748. The van der Waals surface area contributed by atoms with Crippen LogP contribution in [0.1, 0.15) is 18.9 Å². The van der Waals surface area contributed by atoms with Crippen LogP contribution in [0.4, 0.5) is 0 Å². The molecule has 1 aromatic carbocycles. The third kappa shape index (κ3) is 6.50. The molecule has 0 bridgehead atoms. The Morgan fingerprint density at radius 2 is 1.90 bits per heavy atom. The molecule has 0 amide bonds. The molecule has 0 aromatic heterocycles. The Morgan fingerprint density at radius 3 is 2.43 bits per heavy atom. The minimum Gasteiger partial charge on any atom is -0.456 e. The van der Waals surface area contributed by atoms with Crippen molar-refractivity contribution in [1.82, 2.24) is 0 Å². The molecular formula is C14H19NO5S.